The molecule has 0 aromatic heterocycles. The van der Waals surface area contributed by atoms with E-state index in [4.69, 9.17) is 9.47 Å². The highest BCUT2D eigenvalue weighted by molar-refractivity contribution is 4.84. The Labute approximate surface area is 122 Å². The number of nitrogens with zero attached hydrogens (tertiary/aromatic N) is 2. The maximum Gasteiger partial charge on any atom is 0.0700 e. The summed E-state index contributed by atoms with van der Waals surface area (Å²) in [5.41, 5.74) is 0. The van der Waals surface area contributed by atoms with Crippen LogP contribution in [0.5, 0.6) is 0 Å². The smallest absolute Gasteiger partial charge is 0.0700 e. The first kappa shape index (κ1) is 14.7. The van der Waals surface area contributed by atoms with Gasteiger partial charge in [0.1, 0.15) is 0 Å². The Bertz CT molecular complexity index is 278. The Morgan fingerprint density at radius 1 is 1.05 bits per heavy atom. The lowest BCUT2D eigenvalue weighted by Gasteiger charge is -2.32. The first-order valence-corrected chi connectivity index (χ1v) is 8.28. The van der Waals surface area contributed by atoms with Gasteiger partial charge < -0.3 is 19.7 Å². The third-order valence-corrected chi connectivity index (χ3v) is 4.81. The van der Waals surface area contributed by atoms with Crippen molar-refractivity contribution in [3.8, 4) is 0 Å². The lowest BCUT2D eigenvalue weighted by Crippen LogP contribution is -2.45. The van der Waals surface area contributed by atoms with E-state index in [1.165, 1.54) is 38.9 Å². The van der Waals surface area contributed by atoms with Crippen molar-refractivity contribution in [2.24, 2.45) is 0 Å². The van der Waals surface area contributed by atoms with E-state index in [2.05, 4.69) is 15.1 Å². The molecular weight excluding hydrogens is 254 g/mol. The van der Waals surface area contributed by atoms with Gasteiger partial charge in [-0.1, -0.05) is 0 Å². The number of rotatable bonds is 6. The Morgan fingerprint density at radius 3 is 2.75 bits per heavy atom. The Hall–Kier alpha value is -0.200. The molecule has 0 aromatic carbocycles. The number of hydrogen-bond acceptors (Lipinski definition) is 5. The van der Waals surface area contributed by atoms with Crippen LogP contribution in [0.2, 0.25) is 0 Å². The number of nitrogens with one attached hydrogen (secondary N) is 1. The Morgan fingerprint density at radius 2 is 1.95 bits per heavy atom. The second kappa shape index (κ2) is 7.71. The Kier molecular flexibility index (Phi) is 5.67. The molecule has 0 spiro atoms. The van der Waals surface area contributed by atoms with E-state index in [0.717, 1.165) is 52.0 Å². The van der Waals surface area contributed by atoms with Gasteiger partial charge in [-0.3, -0.25) is 4.90 Å². The van der Waals surface area contributed by atoms with Crippen molar-refractivity contribution in [2.75, 3.05) is 65.6 Å². The predicted octanol–water partition coefficient (Wildman–Crippen LogP) is 0.162. The summed E-state index contributed by atoms with van der Waals surface area (Å²) in [6.45, 7) is 10.8. The maximum absolute atomic E-state index is 5.63. The first-order chi connectivity index (χ1) is 9.92. The van der Waals surface area contributed by atoms with Crippen LogP contribution in [0.1, 0.15) is 19.3 Å². The van der Waals surface area contributed by atoms with Gasteiger partial charge in [-0.05, 0) is 25.8 Å². The van der Waals surface area contributed by atoms with Crippen LogP contribution in [-0.4, -0.2) is 87.6 Å². The highest BCUT2D eigenvalue weighted by atomic mass is 16.5. The zero-order valence-electron chi connectivity index (χ0n) is 12.6. The van der Waals surface area contributed by atoms with E-state index in [1.807, 2.05) is 0 Å². The van der Waals surface area contributed by atoms with E-state index in [1.54, 1.807) is 0 Å². The zero-order valence-corrected chi connectivity index (χ0v) is 12.6. The van der Waals surface area contributed by atoms with Gasteiger partial charge in [-0.25, -0.2) is 0 Å². The molecule has 3 rings (SSSR count). The average molecular weight is 283 g/mol. The molecule has 3 aliphatic rings. The van der Waals surface area contributed by atoms with Gasteiger partial charge in [-0.15, -0.1) is 0 Å². The van der Waals surface area contributed by atoms with Gasteiger partial charge in [0.05, 0.1) is 19.3 Å². The summed E-state index contributed by atoms with van der Waals surface area (Å²) in [5, 5.41) is 3.55. The summed E-state index contributed by atoms with van der Waals surface area (Å²) in [4.78, 5) is 5.21. The minimum atomic E-state index is 0.467. The highest BCUT2D eigenvalue weighted by Crippen LogP contribution is 2.16. The standard InChI is InChI=1S/C15H29N3O2/c1-2-15(20-9-1)12-16-4-6-17-5-3-14(13-17)18-7-10-19-11-8-18/h14-16H,1-13H2. The fourth-order valence-electron chi connectivity index (χ4n) is 3.56. The van der Waals surface area contributed by atoms with Crippen LogP contribution in [0.4, 0.5) is 0 Å². The highest BCUT2D eigenvalue weighted by Gasteiger charge is 2.28. The minimum absolute atomic E-state index is 0.467. The molecule has 5 nitrogen and oxygen atoms in total. The van der Waals surface area contributed by atoms with Crippen molar-refractivity contribution in [2.45, 2.75) is 31.4 Å². The monoisotopic (exact) mass is 283 g/mol. The molecule has 2 atom stereocenters. The van der Waals surface area contributed by atoms with Gasteiger partial charge in [0.15, 0.2) is 0 Å². The molecular formula is C15H29N3O2. The second-order valence-electron chi connectivity index (χ2n) is 6.23. The molecule has 3 fully saturated rings. The van der Waals surface area contributed by atoms with Gasteiger partial charge in [-0.2, -0.15) is 0 Å². The number of ether oxygens (including phenoxy) is 2. The zero-order chi connectivity index (χ0) is 13.6. The minimum Gasteiger partial charge on any atom is -0.379 e. The van der Waals surface area contributed by atoms with Gasteiger partial charge in [0.25, 0.3) is 0 Å². The quantitative estimate of drug-likeness (QED) is 0.703. The number of hydrogen-bond donors (Lipinski definition) is 1. The molecule has 3 heterocycles. The summed E-state index contributed by atoms with van der Waals surface area (Å²) in [6, 6.07) is 0.761. The SMILES string of the molecule is C1COC(CNCCN2CCC(N3CCOCC3)C2)C1. The van der Waals surface area contributed by atoms with E-state index < -0.39 is 0 Å². The fourth-order valence-corrected chi connectivity index (χ4v) is 3.56. The molecule has 116 valence electrons. The van der Waals surface area contributed by atoms with Crippen molar-refractivity contribution in [3.05, 3.63) is 0 Å². The lowest BCUT2D eigenvalue weighted by molar-refractivity contribution is 0.0185. The van der Waals surface area contributed by atoms with Crippen molar-refractivity contribution >= 4 is 0 Å². The van der Waals surface area contributed by atoms with Crippen molar-refractivity contribution in [3.63, 3.8) is 0 Å². The summed E-state index contributed by atoms with van der Waals surface area (Å²) in [6.07, 6.45) is 4.26. The molecule has 20 heavy (non-hydrogen) atoms. The van der Waals surface area contributed by atoms with Crippen LogP contribution in [-0.2, 0) is 9.47 Å². The molecule has 2 unspecified atom stereocenters. The normalized spacial score (nSPS) is 33.0. The lowest BCUT2D eigenvalue weighted by atomic mass is 10.2. The first-order valence-electron chi connectivity index (χ1n) is 8.28. The second-order valence-corrected chi connectivity index (χ2v) is 6.23. The predicted molar refractivity (Wildman–Crippen MR) is 79.1 cm³/mol. The van der Waals surface area contributed by atoms with E-state index in [0.29, 0.717) is 6.10 Å². The molecule has 1 N–H and O–H groups in total. The fraction of sp³-hybridized carbons (Fsp3) is 1.00. The molecule has 0 radical (unpaired) electrons. The van der Waals surface area contributed by atoms with E-state index >= 15 is 0 Å². The number of likely N-dealkylation sites (tertiary alicyclic amines) is 1. The van der Waals surface area contributed by atoms with Crippen molar-refractivity contribution in [1.29, 1.82) is 0 Å². The summed E-state index contributed by atoms with van der Waals surface area (Å²) in [7, 11) is 0. The number of morpholine rings is 1. The Balaban J connectivity index is 1.27. The molecule has 0 bridgehead atoms. The molecule has 0 aromatic rings. The summed E-state index contributed by atoms with van der Waals surface area (Å²) >= 11 is 0. The molecule has 0 aliphatic carbocycles. The third-order valence-electron chi connectivity index (χ3n) is 4.81. The molecule has 0 amide bonds. The van der Waals surface area contributed by atoms with Crippen LogP contribution in [0.3, 0.4) is 0 Å². The maximum atomic E-state index is 5.63. The molecule has 5 heteroatoms. The van der Waals surface area contributed by atoms with Crippen LogP contribution >= 0.6 is 0 Å². The molecule has 3 saturated heterocycles. The van der Waals surface area contributed by atoms with Crippen molar-refractivity contribution < 1.29 is 9.47 Å². The van der Waals surface area contributed by atoms with Gasteiger partial charge in [0, 0.05) is 51.9 Å². The van der Waals surface area contributed by atoms with Crippen LogP contribution in [0.25, 0.3) is 0 Å². The average Bonchev–Trinajstić information content (AvgIpc) is 3.16. The van der Waals surface area contributed by atoms with Crippen LogP contribution in [0.15, 0.2) is 0 Å². The topological polar surface area (TPSA) is 37.0 Å². The molecule has 3 aliphatic heterocycles. The summed E-state index contributed by atoms with van der Waals surface area (Å²) < 4.78 is 11.1. The third kappa shape index (κ3) is 4.15. The van der Waals surface area contributed by atoms with E-state index in [9.17, 15) is 0 Å². The van der Waals surface area contributed by atoms with Gasteiger partial charge in [0.2, 0.25) is 0 Å². The largest absolute Gasteiger partial charge is 0.379 e. The van der Waals surface area contributed by atoms with Crippen molar-refractivity contribution in [1.82, 2.24) is 15.1 Å². The van der Waals surface area contributed by atoms with Crippen LogP contribution < -0.4 is 5.32 Å². The van der Waals surface area contributed by atoms with Crippen LogP contribution in [0, 0.1) is 0 Å². The van der Waals surface area contributed by atoms with Gasteiger partial charge >= 0.3 is 0 Å². The van der Waals surface area contributed by atoms with E-state index in [-0.39, 0.29) is 0 Å². The molecule has 0 saturated carbocycles. The summed E-state index contributed by atoms with van der Waals surface area (Å²) in [5.74, 6) is 0.